The number of amides is 1. The largest absolute Gasteiger partial charge is 0.383 e. The van der Waals surface area contributed by atoms with E-state index in [1.807, 2.05) is 11.8 Å². The molecule has 1 N–H and O–H groups in total. The van der Waals surface area contributed by atoms with E-state index in [2.05, 4.69) is 12.2 Å². The summed E-state index contributed by atoms with van der Waals surface area (Å²) in [5.41, 5.74) is -4.30. The van der Waals surface area contributed by atoms with Crippen LogP contribution in [0, 0.1) is 0 Å². The number of carbonyl (C=O) groups excluding carboxylic acids is 1. The van der Waals surface area contributed by atoms with E-state index in [4.69, 9.17) is 46.4 Å². The molecule has 0 radical (unpaired) electrons. The molecule has 0 aromatic rings. The minimum Gasteiger partial charge on any atom is -0.383 e. The van der Waals surface area contributed by atoms with E-state index in [-0.39, 0.29) is 11.7 Å². The van der Waals surface area contributed by atoms with Crippen LogP contribution < -0.4 is 5.32 Å². The number of carbonyl (C=O) groups is 1. The average Bonchev–Trinajstić information content (AvgIpc) is 2.70. The molecule has 0 fully saturated rings. The Labute approximate surface area is 186 Å². The molecule has 0 bridgehead atoms. The third kappa shape index (κ3) is 18.1. The van der Waals surface area contributed by atoms with Crippen molar-refractivity contribution in [2.24, 2.45) is 0 Å². The molecule has 27 heavy (non-hydrogen) atoms. The van der Waals surface area contributed by atoms with E-state index >= 15 is 0 Å². The van der Waals surface area contributed by atoms with Crippen LogP contribution in [-0.4, -0.2) is 77.6 Å². The van der Waals surface area contributed by atoms with Gasteiger partial charge < -0.3 is 28.1 Å². The van der Waals surface area contributed by atoms with Crippen LogP contribution in [0.4, 0.5) is 0 Å². The molecule has 0 saturated heterocycles. The molecule has 0 rings (SSSR count). The molecule has 0 heterocycles. The number of methoxy groups -OCH3 is 1. The summed E-state index contributed by atoms with van der Waals surface area (Å²) < 4.78 is 25.1. The zero-order valence-corrected chi connectivity index (χ0v) is 22.5. The third-order valence-corrected chi connectivity index (χ3v) is 15.2. The van der Waals surface area contributed by atoms with Gasteiger partial charge in [-0.2, -0.15) is 11.8 Å². The van der Waals surface area contributed by atoms with Gasteiger partial charge >= 0.3 is 0 Å². The highest BCUT2D eigenvalue weighted by Crippen LogP contribution is 2.60. The number of hydrogen-bond donors (Lipinski definition) is 1. The first-order valence-electron chi connectivity index (χ1n) is 7.81. The molecule has 14 heteroatoms. The predicted molar refractivity (Wildman–Crippen MR) is 129 cm³/mol. The number of hydrogen-bond acceptors (Lipinski definition) is 11. The van der Waals surface area contributed by atoms with Crippen LogP contribution in [-0.2, 0) is 51.2 Å². The van der Waals surface area contributed by atoms with Crippen molar-refractivity contribution in [3.63, 3.8) is 0 Å². The molecular formula is C13H31NO6P2S5. The lowest BCUT2D eigenvalue weighted by Gasteiger charge is -2.15. The molecule has 0 aliphatic rings. The van der Waals surface area contributed by atoms with Crippen LogP contribution in [0.5, 0.6) is 0 Å². The van der Waals surface area contributed by atoms with Gasteiger partial charge in [0.25, 0.3) is 0 Å². The highest BCUT2D eigenvalue weighted by atomic mass is 32.9. The number of nitrogens with one attached hydrogen (secondary N) is 1. The van der Waals surface area contributed by atoms with E-state index in [9.17, 15) is 4.79 Å². The number of rotatable bonds is 15. The fraction of sp³-hybridized carbons (Fsp3) is 0.923. The lowest BCUT2D eigenvalue weighted by molar-refractivity contribution is -0.118. The summed E-state index contributed by atoms with van der Waals surface area (Å²) in [5, 5.41) is 2.68. The Kier molecular flexibility index (Phi) is 22.3. The Bertz CT molecular complexity index is 458. The second-order valence-corrected chi connectivity index (χ2v) is 18.8. The molecule has 0 aromatic heterocycles. The quantitative estimate of drug-likeness (QED) is 0.252. The first kappa shape index (κ1) is 30.8. The zero-order valence-electron chi connectivity index (χ0n) is 16.6. The van der Waals surface area contributed by atoms with Gasteiger partial charge in [-0.3, -0.25) is 4.79 Å². The van der Waals surface area contributed by atoms with Crippen molar-refractivity contribution in [1.29, 1.82) is 0 Å². The summed E-state index contributed by atoms with van der Waals surface area (Å²) in [5.74, 6) is 3.43. The zero-order chi connectivity index (χ0) is 21.2. The maximum Gasteiger partial charge on any atom is 0.247 e. The highest BCUT2D eigenvalue weighted by molar-refractivity contribution is 8.68. The van der Waals surface area contributed by atoms with Crippen molar-refractivity contribution in [2.75, 3.05) is 71.7 Å². The molecule has 0 unspecified atom stereocenters. The van der Waals surface area contributed by atoms with Crippen LogP contribution >= 0.6 is 45.9 Å². The first-order valence-corrected chi connectivity index (χ1v) is 17.4. The molecule has 7 nitrogen and oxygen atoms in total. The van der Waals surface area contributed by atoms with E-state index in [1.54, 1.807) is 32.7 Å². The van der Waals surface area contributed by atoms with Crippen LogP contribution in [0.25, 0.3) is 0 Å². The van der Waals surface area contributed by atoms with E-state index in [1.165, 1.54) is 25.6 Å². The smallest absolute Gasteiger partial charge is 0.247 e. The van der Waals surface area contributed by atoms with Crippen LogP contribution in [0.1, 0.15) is 6.92 Å². The lowest BCUT2D eigenvalue weighted by atomic mass is 10.6. The van der Waals surface area contributed by atoms with Crippen molar-refractivity contribution >= 4 is 75.4 Å². The van der Waals surface area contributed by atoms with Gasteiger partial charge in [-0.25, -0.2) is 0 Å². The molecule has 0 aliphatic carbocycles. The van der Waals surface area contributed by atoms with E-state index < -0.39 is 11.4 Å². The summed E-state index contributed by atoms with van der Waals surface area (Å²) in [6, 6.07) is 0. The minimum atomic E-state index is -2.32. The molecular weight excluding hydrogens is 488 g/mol. The topological polar surface area (TPSA) is 75.2 Å². The van der Waals surface area contributed by atoms with Gasteiger partial charge in [-0.05, 0) is 29.4 Å². The second kappa shape index (κ2) is 19.6. The van der Waals surface area contributed by atoms with Crippen molar-refractivity contribution in [3.05, 3.63) is 0 Å². The van der Waals surface area contributed by atoms with Crippen LogP contribution in [0.3, 0.4) is 0 Å². The summed E-state index contributed by atoms with van der Waals surface area (Å²) in [4.78, 5) is 11.3. The number of ether oxygens (including phenoxy) is 1. The summed E-state index contributed by atoms with van der Waals surface area (Å²) in [6.45, 7) is 3.15. The van der Waals surface area contributed by atoms with Gasteiger partial charge in [0, 0.05) is 53.6 Å². The van der Waals surface area contributed by atoms with Gasteiger partial charge in [0.2, 0.25) is 17.3 Å². The van der Waals surface area contributed by atoms with Gasteiger partial charge in [0.05, 0.1) is 12.4 Å². The Hall–Kier alpha value is 1.62. The van der Waals surface area contributed by atoms with Crippen molar-refractivity contribution in [3.8, 4) is 0 Å². The third-order valence-electron chi connectivity index (χ3n) is 2.56. The van der Waals surface area contributed by atoms with Crippen molar-refractivity contribution in [2.45, 2.75) is 6.92 Å². The van der Waals surface area contributed by atoms with Gasteiger partial charge in [0.1, 0.15) is 0 Å². The predicted octanol–water partition coefficient (Wildman–Crippen LogP) is 3.99. The summed E-state index contributed by atoms with van der Waals surface area (Å²) in [6.07, 6.45) is 0. The molecule has 0 atom stereocenters. The summed E-state index contributed by atoms with van der Waals surface area (Å²) >= 11 is 15.0. The molecule has 1 amide bonds. The molecule has 0 saturated carbocycles. The lowest BCUT2D eigenvalue weighted by Crippen LogP contribution is -2.28. The number of thioether (sulfide) groups is 1. The normalized spacial score (nSPS) is 11.6. The Balaban J connectivity index is 0. The van der Waals surface area contributed by atoms with Crippen LogP contribution in [0.2, 0.25) is 0 Å². The van der Waals surface area contributed by atoms with Gasteiger partial charge in [-0.1, -0.05) is 29.7 Å². The van der Waals surface area contributed by atoms with Gasteiger partial charge in [0.15, 0.2) is 0 Å². The SMILES string of the molecule is CCSCCSP(=S)(OC)OC.COCCNC(=O)CSP(=S)(OC)OC. The molecule has 0 spiro atoms. The van der Waals surface area contributed by atoms with Gasteiger partial charge in [-0.15, -0.1) is 0 Å². The Morgan fingerprint density at radius 2 is 1.44 bits per heavy atom. The Morgan fingerprint density at radius 1 is 0.926 bits per heavy atom. The first-order chi connectivity index (χ1) is 12.8. The fourth-order valence-electron chi connectivity index (χ4n) is 1.19. The highest BCUT2D eigenvalue weighted by Gasteiger charge is 2.18. The summed E-state index contributed by atoms with van der Waals surface area (Å²) in [7, 11) is 7.78. The van der Waals surface area contributed by atoms with Crippen LogP contribution in [0.15, 0.2) is 0 Å². The standard InChI is InChI=1S/C7H16NO4PS2.C6H15O2PS3/c1-10-5-4-8-7(9)6-15-13(14,11-2)12-3;1-4-11-5-6-12-9(10,7-2)8-3/h4-6H2,1-3H3,(H,8,9);4-6H2,1-3H3. The average molecular weight is 520 g/mol. The maximum atomic E-state index is 11.3. The fourth-order valence-corrected chi connectivity index (χ4v) is 8.15. The van der Waals surface area contributed by atoms with E-state index in [0.29, 0.717) is 13.2 Å². The van der Waals surface area contributed by atoms with E-state index in [0.717, 1.165) is 17.3 Å². The van der Waals surface area contributed by atoms with Crippen molar-refractivity contribution < 1.29 is 27.6 Å². The molecule has 0 aliphatic heterocycles. The minimum absolute atomic E-state index is 0.0969. The monoisotopic (exact) mass is 519 g/mol. The molecule has 164 valence electrons. The van der Waals surface area contributed by atoms with Crippen molar-refractivity contribution in [1.82, 2.24) is 5.32 Å². The second-order valence-electron chi connectivity index (χ2n) is 4.27. The maximum absolute atomic E-state index is 11.3. The molecule has 0 aromatic carbocycles. The Morgan fingerprint density at radius 3 is 1.89 bits per heavy atom.